The van der Waals surface area contributed by atoms with E-state index in [1.165, 1.54) is 37.4 Å². The molecule has 0 spiro atoms. The van der Waals surface area contributed by atoms with Gasteiger partial charge in [0.15, 0.2) is 5.17 Å². The third kappa shape index (κ3) is 6.14. The van der Waals surface area contributed by atoms with Gasteiger partial charge in [-0.25, -0.2) is 4.99 Å². The number of thioether (sulfide) groups is 1. The fraction of sp³-hybridized carbons (Fsp3) is 0.364. The number of para-hydroxylation sites is 2. The molecule has 1 amide bonds. The van der Waals surface area contributed by atoms with E-state index in [-0.39, 0.29) is 5.91 Å². The molecule has 142 valence electrons. The Hall–Kier alpha value is -2.27. The lowest BCUT2D eigenvalue weighted by Crippen LogP contribution is -2.31. The van der Waals surface area contributed by atoms with E-state index >= 15 is 0 Å². The molecule has 1 saturated heterocycles. The molecule has 27 heavy (non-hydrogen) atoms. The van der Waals surface area contributed by atoms with Gasteiger partial charge in [0.25, 0.3) is 0 Å². The number of carbonyl (C=O) groups excluding carboxylic acids is 1. The molecule has 4 nitrogen and oxygen atoms in total. The number of amidine groups is 1. The first-order valence-electron chi connectivity index (χ1n) is 9.59. The highest BCUT2D eigenvalue weighted by Gasteiger charge is 2.16. The lowest BCUT2D eigenvalue weighted by atomic mass is 10.2. The van der Waals surface area contributed by atoms with Crippen molar-refractivity contribution in [2.45, 2.75) is 32.6 Å². The van der Waals surface area contributed by atoms with Crippen molar-refractivity contribution in [3.05, 3.63) is 60.2 Å². The number of carbonyl (C=O) groups is 1. The molecular weight excluding hydrogens is 354 g/mol. The average molecular weight is 382 g/mol. The topological polar surface area (TPSA) is 44.7 Å². The number of aryl methyl sites for hydroxylation is 1. The minimum Gasteiger partial charge on any atom is -0.351 e. The van der Waals surface area contributed by atoms with Crippen LogP contribution in [0.15, 0.2) is 59.6 Å². The molecule has 0 saturated carbocycles. The summed E-state index contributed by atoms with van der Waals surface area (Å²) in [5, 5.41) is 3.96. The molecule has 3 rings (SSSR count). The van der Waals surface area contributed by atoms with Gasteiger partial charge in [0, 0.05) is 18.8 Å². The van der Waals surface area contributed by atoms with E-state index in [0.717, 1.165) is 35.2 Å². The quantitative estimate of drug-likeness (QED) is 0.582. The summed E-state index contributed by atoms with van der Waals surface area (Å²) in [5.74, 6) is 0.362. The molecule has 0 atom stereocenters. The van der Waals surface area contributed by atoms with Gasteiger partial charge in [0.2, 0.25) is 5.91 Å². The number of benzene rings is 2. The summed E-state index contributed by atoms with van der Waals surface area (Å²) in [6.07, 6.45) is 4.91. The first-order valence-corrected chi connectivity index (χ1v) is 10.6. The van der Waals surface area contributed by atoms with Crippen molar-refractivity contribution in [2.24, 2.45) is 4.99 Å². The summed E-state index contributed by atoms with van der Waals surface area (Å²) in [6.45, 7) is 4.03. The Kier molecular flexibility index (Phi) is 7.34. The molecule has 0 unspecified atom stereocenters. The SMILES string of the molecule is Cc1ccccc1NC(=O)CSC(=Nc1ccccc1)N1CCCCCC1. The molecule has 1 N–H and O–H groups in total. The van der Waals surface area contributed by atoms with Gasteiger partial charge in [-0.2, -0.15) is 0 Å². The molecule has 1 heterocycles. The number of nitrogens with zero attached hydrogens (tertiary/aromatic N) is 2. The van der Waals surface area contributed by atoms with Crippen LogP contribution in [0.5, 0.6) is 0 Å². The number of rotatable bonds is 4. The summed E-state index contributed by atoms with van der Waals surface area (Å²) in [4.78, 5) is 19.7. The monoisotopic (exact) mass is 381 g/mol. The second-order valence-corrected chi connectivity index (χ2v) is 7.73. The van der Waals surface area contributed by atoms with E-state index in [1.807, 2.05) is 61.5 Å². The van der Waals surface area contributed by atoms with E-state index in [0.29, 0.717) is 5.75 Å². The number of hydrogen-bond donors (Lipinski definition) is 1. The van der Waals surface area contributed by atoms with Crippen molar-refractivity contribution in [1.82, 2.24) is 4.90 Å². The fourth-order valence-corrected chi connectivity index (χ4v) is 3.97. The number of aliphatic imine (C=N–C) groups is 1. The van der Waals surface area contributed by atoms with Crippen molar-refractivity contribution >= 4 is 34.2 Å². The fourth-order valence-electron chi connectivity index (χ4n) is 3.10. The largest absolute Gasteiger partial charge is 0.351 e. The Labute approximate surface area is 166 Å². The van der Waals surface area contributed by atoms with Gasteiger partial charge in [-0.3, -0.25) is 4.79 Å². The molecule has 1 aliphatic heterocycles. The summed E-state index contributed by atoms with van der Waals surface area (Å²) >= 11 is 1.53. The Morgan fingerprint density at radius 2 is 1.67 bits per heavy atom. The molecule has 0 aromatic heterocycles. The van der Waals surface area contributed by atoms with Gasteiger partial charge < -0.3 is 10.2 Å². The van der Waals surface area contributed by atoms with Gasteiger partial charge in [-0.1, -0.05) is 61.0 Å². The van der Waals surface area contributed by atoms with Crippen LogP contribution in [0, 0.1) is 6.92 Å². The Morgan fingerprint density at radius 1 is 1.00 bits per heavy atom. The summed E-state index contributed by atoms with van der Waals surface area (Å²) in [6, 6.07) is 17.8. The second-order valence-electron chi connectivity index (χ2n) is 6.78. The van der Waals surface area contributed by atoms with Crippen molar-refractivity contribution < 1.29 is 4.79 Å². The summed E-state index contributed by atoms with van der Waals surface area (Å²) in [5.41, 5.74) is 2.88. The van der Waals surface area contributed by atoms with Crippen LogP contribution < -0.4 is 5.32 Å². The van der Waals surface area contributed by atoms with Crippen molar-refractivity contribution in [2.75, 3.05) is 24.2 Å². The zero-order chi connectivity index (χ0) is 18.9. The Bertz CT molecular complexity index is 768. The number of anilines is 1. The number of hydrogen-bond acceptors (Lipinski definition) is 3. The zero-order valence-corrected chi connectivity index (χ0v) is 16.7. The minimum absolute atomic E-state index is 0.00452. The molecular formula is C22H27N3OS. The molecule has 0 aliphatic carbocycles. The highest BCUT2D eigenvalue weighted by molar-refractivity contribution is 8.14. The van der Waals surface area contributed by atoms with Gasteiger partial charge in [0.05, 0.1) is 11.4 Å². The normalized spacial score (nSPS) is 15.3. The first kappa shape index (κ1) is 19.5. The van der Waals surface area contributed by atoms with Gasteiger partial charge in [0.1, 0.15) is 0 Å². The highest BCUT2D eigenvalue weighted by atomic mass is 32.2. The second kappa shape index (κ2) is 10.2. The minimum atomic E-state index is 0.00452. The van der Waals surface area contributed by atoms with Gasteiger partial charge >= 0.3 is 0 Å². The predicted octanol–water partition coefficient (Wildman–Crippen LogP) is 5.23. The average Bonchev–Trinajstić information content (AvgIpc) is 2.97. The maximum atomic E-state index is 12.5. The van der Waals surface area contributed by atoms with Crippen LogP contribution in [0.2, 0.25) is 0 Å². The maximum absolute atomic E-state index is 12.5. The van der Waals surface area contributed by atoms with Crippen LogP contribution in [0.1, 0.15) is 31.2 Å². The van der Waals surface area contributed by atoms with Crippen LogP contribution in [0.3, 0.4) is 0 Å². The van der Waals surface area contributed by atoms with E-state index < -0.39 is 0 Å². The molecule has 1 fully saturated rings. The number of nitrogens with one attached hydrogen (secondary N) is 1. The van der Waals surface area contributed by atoms with Crippen LogP contribution in [-0.2, 0) is 4.79 Å². The van der Waals surface area contributed by atoms with E-state index in [9.17, 15) is 4.79 Å². The van der Waals surface area contributed by atoms with Crippen molar-refractivity contribution in [1.29, 1.82) is 0 Å². The zero-order valence-electron chi connectivity index (χ0n) is 15.9. The predicted molar refractivity (Wildman–Crippen MR) is 116 cm³/mol. The van der Waals surface area contributed by atoms with Gasteiger partial charge in [-0.05, 0) is 43.5 Å². The Balaban J connectivity index is 1.68. The molecule has 5 heteroatoms. The summed E-state index contributed by atoms with van der Waals surface area (Å²) in [7, 11) is 0. The first-order chi connectivity index (χ1) is 13.2. The van der Waals surface area contributed by atoms with E-state index in [1.54, 1.807) is 0 Å². The van der Waals surface area contributed by atoms with E-state index in [4.69, 9.17) is 4.99 Å². The number of amides is 1. The highest BCUT2D eigenvalue weighted by Crippen LogP contribution is 2.21. The molecule has 2 aromatic carbocycles. The van der Waals surface area contributed by atoms with Crippen LogP contribution in [0.4, 0.5) is 11.4 Å². The van der Waals surface area contributed by atoms with Gasteiger partial charge in [-0.15, -0.1) is 0 Å². The molecule has 0 bridgehead atoms. The number of likely N-dealkylation sites (tertiary alicyclic amines) is 1. The molecule has 0 radical (unpaired) electrons. The standard InChI is InChI=1S/C22H27N3OS/c1-18-11-7-8-14-20(18)24-21(26)17-27-22(23-19-12-5-4-6-13-19)25-15-9-2-3-10-16-25/h4-8,11-14H,2-3,9-10,15-17H2,1H3,(H,24,26). The maximum Gasteiger partial charge on any atom is 0.234 e. The van der Waals surface area contributed by atoms with Crippen LogP contribution in [0.25, 0.3) is 0 Å². The van der Waals surface area contributed by atoms with Crippen molar-refractivity contribution in [3.8, 4) is 0 Å². The third-order valence-corrected chi connectivity index (χ3v) is 5.62. The lowest BCUT2D eigenvalue weighted by molar-refractivity contribution is -0.113. The third-order valence-electron chi connectivity index (χ3n) is 4.61. The van der Waals surface area contributed by atoms with E-state index in [2.05, 4.69) is 10.2 Å². The van der Waals surface area contributed by atoms with Crippen LogP contribution in [-0.4, -0.2) is 34.8 Å². The molecule has 1 aliphatic rings. The van der Waals surface area contributed by atoms with Crippen molar-refractivity contribution in [3.63, 3.8) is 0 Å². The lowest BCUT2D eigenvalue weighted by Gasteiger charge is -2.23. The smallest absolute Gasteiger partial charge is 0.234 e. The Morgan fingerprint density at radius 3 is 2.37 bits per heavy atom. The summed E-state index contributed by atoms with van der Waals surface area (Å²) < 4.78 is 0. The van der Waals surface area contributed by atoms with Crippen LogP contribution >= 0.6 is 11.8 Å². The molecule has 2 aromatic rings.